The Morgan fingerprint density at radius 3 is 2.87 bits per heavy atom. The van der Waals surface area contributed by atoms with Gasteiger partial charge in [0.15, 0.2) is 5.60 Å². The molecular weight excluding hydrogens is 200 g/mol. The Balaban J connectivity index is 2.21. The summed E-state index contributed by atoms with van der Waals surface area (Å²) in [4.78, 5) is 21.4. The molecule has 0 aromatic carbocycles. The highest BCUT2D eigenvalue weighted by Crippen LogP contribution is 2.06. The molecule has 1 aliphatic rings. The number of aliphatic carboxylic acids is 1. The summed E-state index contributed by atoms with van der Waals surface area (Å²) in [5.74, 6) is -1.24. The van der Waals surface area contributed by atoms with Crippen molar-refractivity contribution >= 4 is 11.9 Å². The summed E-state index contributed by atoms with van der Waals surface area (Å²) < 4.78 is 0. The van der Waals surface area contributed by atoms with Gasteiger partial charge in [-0.1, -0.05) is 0 Å². The molecule has 15 heavy (non-hydrogen) atoms. The first-order valence-electron chi connectivity index (χ1n) is 4.87. The number of carbonyl (C=O) groups excluding carboxylic acids is 1. The Morgan fingerprint density at radius 2 is 2.40 bits per heavy atom. The highest BCUT2D eigenvalue weighted by atomic mass is 16.4. The van der Waals surface area contributed by atoms with Crippen LogP contribution in [0.5, 0.6) is 0 Å². The number of carboxylic acids is 1. The number of carbonyl (C=O) groups is 2. The molecule has 0 saturated carbocycles. The van der Waals surface area contributed by atoms with Crippen molar-refractivity contribution in [3.63, 3.8) is 0 Å². The molecule has 1 rings (SSSR count). The van der Waals surface area contributed by atoms with Crippen molar-refractivity contribution in [3.8, 4) is 0 Å². The molecule has 0 aliphatic carbocycles. The van der Waals surface area contributed by atoms with Gasteiger partial charge in [0, 0.05) is 25.6 Å². The summed E-state index contributed by atoms with van der Waals surface area (Å²) in [6.45, 7) is 1.68. The molecule has 6 nitrogen and oxygen atoms in total. The lowest BCUT2D eigenvalue weighted by molar-refractivity contribution is -0.156. The Labute approximate surface area is 87.7 Å². The number of carboxylic acid groups (broad SMARTS) is 1. The van der Waals surface area contributed by atoms with Crippen LogP contribution in [0.25, 0.3) is 0 Å². The van der Waals surface area contributed by atoms with Crippen molar-refractivity contribution in [1.82, 2.24) is 10.6 Å². The second-order valence-corrected chi connectivity index (χ2v) is 4.01. The highest BCUT2D eigenvalue weighted by Gasteiger charge is 2.30. The normalized spacial score (nSPS) is 24.7. The van der Waals surface area contributed by atoms with Crippen LogP contribution in [0.4, 0.5) is 0 Å². The van der Waals surface area contributed by atoms with E-state index in [4.69, 9.17) is 5.11 Å². The van der Waals surface area contributed by atoms with E-state index in [0.29, 0.717) is 13.0 Å². The van der Waals surface area contributed by atoms with Crippen LogP contribution >= 0.6 is 0 Å². The molecule has 1 amide bonds. The molecule has 2 atom stereocenters. The maximum Gasteiger partial charge on any atom is 0.336 e. The molecule has 0 aromatic rings. The van der Waals surface area contributed by atoms with Gasteiger partial charge in [0.05, 0.1) is 0 Å². The van der Waals surface area contributed by atoms with Crippen LogP contribution in [0, 0.1) is 0 Å². The lowest BCUT2D eigenvalue weighted by Crippen LogP contribution is -2.47. The Morgan fingerprint density at radius 1 is 1.73 bits per heavy atom. The fourth-order valence-corrected chi connectivity index (χ4v) is 1.40. The van der Waals surface area contributed by atoms with Crippen molar-refractivity contribution in [2.75, 3.05) is 13.1 Å². The summed E-state index contributed by atoms with van der Waals surface area (Å²) in [6.07, 6.45) is 1.27. The molecule has 0 bridgehead atoms. The smallest absolute Gasteiger partial charge is 0.336 e. The summed E-state index contributed by atoms with van der Waals surface area (Å²) in [5.41, 5.74) is -1.76. The topological polar surface area (TPSA) is 98.7 Å². The first-order chi connectivity index (χ1) is 6.92. The van der Waals surface area contributed by atoms with Gasteiger partial charge in [-0.15, -0.1) is 0 Å². The standard InChI is InChI=1S/C9H16N2O4/c1-9(15,8(13)14)5-10-4-6-2-3-7(12)11-6/h6,10,15H,2-5H2,1H3,(H,11,12)(H,13,14). The monoisotopic (exact) mass is 216 g/mol. The molecule has 1 fully saturated rings. The van der Waals surface area contributed by atoms with Crippen LogP contribution in [0.3, 0.4) is 0 Å². The largest absolute Gasteiger partial charge is 0.479 e. The zero-order chi connectivity index (χ0) is 11.5. The minimum absolute atomic E-state index is 0.0202. The lowest BCUT2D eigenvalue weighted by atomic mass is 10.1. The van der Waals surface area contributed by atoms with E-state index in [1.165, 1.54) is 6.92 Å². The van der Waals surface area contributed by atoms with Gasteiger partial charge < -0.3 is 20.8 Å². The number of nitrogens with one attached hydrogen (secondary N) is 2. The van der Waals surface area contributed by atoms with Crippen molar-refractivity contribution in [2.45, 2.75) is 31.4 Å². The summed E-state index contributed by atoms with van der Waals surface area (Å²) >= 11 is 0. The molecule has 0 aromatic heterocycles. The molecule has 0 radical (unpaired) electrons. The fraction of sp³-hybridized carbons (Fsp3) is 0.778. The molecule has 2 unspecified atom stereocenters. The van der Waals surface area contributed by atoms with E-state index in [9.17, 15) is 14.7 Å². The van der Waals surface area contributed by atoms with Crippen molar-refractivity contribution in [1.29, 1.82) is 0 Å². The minimum atomic E-state index is -1.76. The molecule has 6 heteroatoms. The van der Waals surface area contributed by atoms with Crippen molar-refractivity contribution in [3.05, 3.63) is 0 Å². The fourth-order valence-electron chi connectivity index (χ4n) is 1.40. The number of aliphatic hydroxyl groups is 1. The van der Waals surface area contributed by atoms with Crippen LogP contribution in [0.2, 0.25) is 0 Å². The van der Waals surface area contributed by atoms with Gasteiger partial charge in [-0.05, 0) is 13.3 Å². The van der Waals surface area contributed by atoms with Crippen LogP contribution < -0.4 is 10.6 Å². The molecule has 4 N–H and O–H groups in total. The second-order valence-electron chi connectivity index (χ2n) is 4.01. The third-order valence-electron chi connectivity index (χ3n) is 2.41. The number of hydrogen-bond donors (Lipinski definition) is 4. The summed E-state index contributed by atoms with van der Waals surface area (Å²) in [5, 5.41) is 23.5. The van der Waals surface area contributed by atoms with E-state index in [2.05, 4.69) is 10.6 Å². The first-order valence-corrected chi connectivity index (χ1v) is 4.87. The molecule has 86 valence electrons. The molecule has 1 aliphatic heterocycles. The van der Waals surface area contributed by atoms with Crippen LogP contribution in [-0.4, -0.2) is 46.8 Å². The van der Waals surface area contributed by atoms with E-state index >= 15 is 0 Å². The van der Waals surface area contributed by atoms with E-state index in [0.717, 1.165) is 6.42 Å². The molecule has 1 saturated heterocycles. The van der Waals surface area contributed by atoms with Crippen LogP contribution in [0.15, 0.2) is 0 Å². The highest BCUT2D eigenvalue weighted by molar-refractivity contribution is 5.78. The summed E-state index contributed by atoms with van der Waals surface area (Å²) in [6, 6.07) is 0.0436. The quantitative estimate of drug-likeness (QED) is 0.457. The minimum Gasteiger partial charge on any atom is -0.479 e. The van der Waals surface area contributed by atoms with Gasteiger partial charge in [0.2, 0.25) is 5.91 Å². The first kappa shape index (κ1) is 11.9. The Kier molecular flexibility index (Phi) is 3.65. The van der Waals surface area contributed by atoms with Gasteiger partial charge >= 0.3 is 5.97 Å². The van der Waals surface area contributed by atoms with Gasteiger partial charge in [-0.3, -0.25) is 4.79 Å². The van der Waals surface area contributed by atoms with E-state index in [1.807, 2.05) is 0 Å². The number of amides is 1. The average molecular weight is 216 g/mol. The Bertz CT molecular complexity index is 265. The van der Waals surface area contributed by atoms with Gasteiger partial charge in [0.25, 0.3) is 0 Å². The number of hydrogen-bond acceptors (Lipinski definition) is 4. The maximum absolute atomic E-state index is 10.8. The van der Waals surface area contributed by atoms with Gasteiger partial charge in [-0.2, -0.15) is 0 Å². The third-order valence-corrected chi connectivity index (χ3v) is 2.41. The van der Waals surface area contributed by atoms with Gasteiger partial charge in [0.1, 0.15) is 0 Å². The van der Waals surface area contributed by atoms with Crippen molar-refractivity contribution in [2.24, 2.45) is 0 Å². The average Bonchev–Trinajstić information content (AvgIpc) is 2.51. The third kappa shape index (κ3) is 3.49. The number of rotatable bonds is 5. The SMILES string of the molecule is CC(O)(CNCC1CCC(=O)N1)C(=O)O. The second kappa shape index (κ2) is 4.59. The van der Waals surface area contributed by atoms with E-state index in [1.54, 1.807) is 0 Å². The maximum atomic E-state index is 10.8. The molecule has 0 spiro atoms. The molecular formula is C9H16N2O4. The van der Waals surface area contributed by atoms with E-state index in [-0.39, 0.29) is 18.5 Å². The Hall–Kier alpha value is -1.14. The van der Waals surface area contributed by atoms with E-state index < -0.39 is 11.6 Å². The zero-order valence-corrected chi connectivity index (χ0v) is 8.62. The van der Waals surface area contributed by atoms with Crippen LogP contribution in [0.1, 0.15) is 19.8 Å². The van der Waals surface area contributed by atoms with Crippen LogP contribution in [-0.2, 0) is 9.59 Å². The summed E-state index contributed by atoms with van der Waals surface area (Å²) in [7, 11) is 0. The van der Waals surface area contributed by atoms with Gasteiger partial charge in [-0.25, -0.2) is 4.79 Å². The predicted molar refractivity (Wildman–Crippen MR) is 52.3 cm³/mol. The predicted octanol–water partition coefficient (Wildman–Crippen LogP) is -1.31. The lowest BCUT2D eigenvalue weighted by Gasteiger charge is -2.19. The zero-order valence-electron chi connectivity index (χ0n) is 8.62. The van der Waals surface area contributed by atoms with Crippen molar-refractivity contribution < 1.29 is 19.8 Å². The molecule has 1 heterocycles.